The number of nitrogens with one attached hydrogen (secondary N) is 2. The molecule has 1 aliphatic rings. The highest BCUT2D eigenvalue weighted by Gasteiger charge is 2.25. The molecular weight excluding hydrogens is 391 g/mol. The van der Waals surface area contributed by atoms with Crippen LogP contribution in [0.4, 0.5) is 0 Å². The molecule has 0 aromatic heterocycles. The van der Waals surface area contributed by atoms with E-state index in [1.54, 1.807) is 6.07 Å². The summed E-state index contributed by atoms with van der Waals surface area (Å²) in [6.45, 7) is 1.05. The summed E-state index contributed by atoms with van der Waals surface area (Å²) in [5, 5.41) is 3.56. The summed E-state index contributed by atoms with van der Waals surface area (Å²) >= 11 is 12.0. The number of sulfonamides is 1. The Morgan fingerprint density at radius 3 is 2.46 bits per heavy atom. The number of hydrogen-bond donors (Lipinski definition) is 2. The Balaban J connectivity index is 0.00000208. The molecule has 8 heteroatoms. The summed E-state index contributed by atoms with van der Waals surface area (Å²) < 4.78 is 27.6. The van der Waals surface area contributed by atoms with Crippen molar-refractivity contribution in [2.75, 3.05) is 13.1 Å². The van der Waals surface area contributed by atoms with E-state index in [0.29, 0.717) is 0 Å². The molecule has 24 heavy (non-hydrogen) atoms. The average Bonchev–Trinajstić information content (AvgIpc) is 2.52. The number of rotatable bonds is 4. The molecular formula is C16H17Cl3N2O2S. The van der Waals surface area contributed by atoms with Crippen molar-refractivity contribution >= 4 is 45.6 Å². The smallest absolute Gasteiger partial charge is 0.243 e. The highest BCUT2D eigenvalue weighted by molar-refractivity contribution is 7.89. The zero-order chi connectivity index (χ0) is 16.4. The number of halogens is 3. The minimum atomic E-state index is -3.78. The highest BCUT2D eigenvalue weighted by Crippen LogP contribution is 2.29. The molecule has 0 radical (unpaired) electrons. The van der Waals surface area contributed by atoms with Crippen LogP contribution < -0.4 is 10.0 Å². The van der Waals surface area contributed by atoms with Crippen LogP contribution in [-0.2, 0) is 16.4 Å². The molecule has 0 fully saturated rings. The fourth-order valence-electron chi connectivity index (χ4n) is 2.78. The van der Waals surface area contributed by atoms with Crippen molar-refractivity contribution in [1.82, 2.24) is 10.0 Å². The van der Waals surface area contributed by atoms with Crippen LogP contribution in [0.5, 0.6) is 0 Å². The lowest BCUT2D eigenvalue weighted by Gasteiger charge is -2.27. The van der Waals surface area contributed by atoms with E-state index in [1.807, 2.05) is 18.2 Å². The van der Waals surface area contributed by atoms with Crippen LogP contribution in [0.1, 0.15) is 17.2 Å². The Hall–Kier alpha value is -0.820. The van der Waals surface area contributed by atoms with Crippen molar-refractivity contribution < 1.29 is 8.42 Å². The molecule has 2 N–H and O–H groups in total. The Kier molecular flexibility index (Phi) is 6.53. The van der Waals surface area contributed by atoms with E-state index in [1.165, 1.54) is 17.7 Å². The van der Waals surface area contributed by atoms with Gasteiger partial charge in [0.1, 0.15) is 4.90 Å². The normalized spacial score (nSPS) is 17.0. The molecule has 0 aliphatic carbocycles. The van der Waals surface area contributed by atoms with Crippen LogP contribution in [0.15, 0.2) is 47.4 Å². The SMILES string of the molecule is Cl.O=S(=O)(NCC1NCCc2ccccc21)c1c(Cl)cccc1Cl. The molecule has 2 aromatic rings. The quantitative estimate of drug-likeness (QED) is 0.814. The van der Waals surface area contributed by atoms with E-state index >= 15 is 0 Å². The zero-order valence-corrected chi connectivity index (χ0v) is 15.8. The average molecular weight is 408 g/mol. The lowest BCUT2D eigenvalue weighted by Crippen LogP contribution is -2.38. The van der Waals surface area contributed by atoms with E-state index in [-0.39, 0.29) is 39.9 Å². The molecule has 1 heterocycles. The van der Waals surface area contributed by atoms with Gasteiger partial charge in [-0.05, 0) is 36.2 Å². The monoisotopic (exact) mass is 406 g/mol. The first-order chi connectivity index (χ1) is 11.0. The molecule has 0 bridgehead atoms. The number of hydrogen-bond acceptors (Lipinski definition) is 3. The van der Waals surface area contributed by atoms with Gasteiger partial charge in [-0.2, -0.15) is 0 Å². The van der Waals surface area contributed by atoms with E-state index in [2.05, 4.69) is 16.1 Å². The van der Waals surface area contributed by atoms with Crippen LogP contribution in [-0.4, -0.2) is 21.5 Å². The summed E-state index contributed by atoms with van der Waals surface area (Å²) in [6, 6.07) is 12.6. The van der Waals surface area contributed by atoms with Crippen molar-refractivity contribution in [3.05, 3.63) is 63.6 Å². The number of fused-ring (bicyclic) bond motifs is 1. The van der Waals surface area contributed by atoms with Crippen molar-refractivity contribution in [3.63, 3.8) is 0 Å². The molecule has 2 aromatic carbocycles. The predicted octanol–water partition coefficient (Wildman–Crippen LogP) is 3.58. The maximum absolute atomic E-state index is 12.5. The minimum absolute atomic E-state index is 0. The minimum Gasteiger partial charge on any atom is -0.308 e. The van der Waals surface area contributed by atoms with Gasteiger partial charge in [-0.3, -0.25) is 0 Å². The van der Waals surface area contributed by atoms with Gasteiger partial charge in [0.25, 0.3) is 0 Å². The lowest BCUT2D eigenvalue weighted by molar-refractivity contribution is 0.491. The molecule has 0 spiro atoms. The van der Waals surface area contributed by atoms with Gasteiger partial charge in [0.05, 0.1) is 10.0 Å². The van der Waals surface area contributed by atoms with Crippen molar-refractivity contribution in [2.45, 2.75) is 17.4 Å². The molecule has 1 aliphatic heterocycles. The first kappa shape index (κ1) is 19.5. The van der Waals surface area contributed by atoms with E-state index in [9.17, 15) is 8.42 Å². The Morgan fingerprint density at radius 2 is 1.75 bits per heavy atom. The third-order valence-corrected chi connectivity index (χ3v) is 6.26. The fourth-order valence-corrected chi connectivity index (χ4v) is 4.97. The van der Waals surface area contributed by atoms with Crippen LogP contribution in [0.2, 0.25) is 10.0 Å². The lowest BCUT2D eigenvalue weighted by atomic mass is 9.95. The van der Waals surface area contributed by atoms with Gasteiger partial charge in [-0.1, -0.05) is 53.5 Å². The van der Waals surface area contributed by atoms with E-state index in [0.717, 1.165) is 18.5 Å². The van der Waals surface area contributed by atoms with Gasteiger partial charge in [0.15, 0.2) is 0 Å². The topological polar surface area (TPSA) is 58.2 Å². The third kappa shape index (κ3) is 4.04. The maximum Gasteiger partial charge on any atom is 0.243 e. The molecule has 0 saturated carbocycles. The second-order valence-electron chi connectivity index (χ2n) is 5.36. The van der Waals surface area contributed by atoms with E-state index in [4.69, 9.17) is 23.2 Å². The molecule has 130 valence electrons. The van der Waals surface area contributed by atoms with Gasteiger partial charge in [-0.25, -0.2) is 13.1 Å². The highest BCUT2D eigenvalue weighted by atomic mass is 35.5. The molecule has 1 atom stereocenters. The fraction of sp³-hybridized carbons (Fsp3) is 0.250. The zero-order valence-electron chi connectivity index (χ0n) is 12.6. The van der Waals surface area contributed by atoms with E-state index < -0.39 is 10.0 Å². The predicted molar refractivity (Wildman–Crippen MR) is 99.8 cm³/mol. The van der Waals surface area contributed by atoms with Crippen molar-refractivity contribution in [3.8, 4) is 0 Å². The molecule has 1 unspecified atom stereocenters. The standard InChI is InChI=1S/C16H16Cl2N2O2S.ClH/c17-13-6-3-7-14(18)16(13)23(21,22)20-10-15-12-5-2-1-4-11(12)8-9-19-15;/h1-7,15,19-20H,8-10H2;1H. The van der Waals surface area contributed by atoms with Gasteiger partial charge in [0.2, 0.25) is 10.0 Å². The molecule has 0 amide bonds. The third-order valence-electron chi connectivity index (χ3n) is 3.88. The largest absolute Gasteiger partial charge is 0.308 e. The molecule has 0 saturated heterocycles. The first-order valence-corrected chi connectivity index (χ1v) is 9.48. The summed E-state index contributed by atoms with van der Waals surface area (Å²) in [5.41, 5.74) is 2.36. The Morgan fingerprint density at radius 1 is 1.08 bits per heavy atom. The van der Waals surface area contributed by atoms with Crippen molar-refractivity contribution in [2.24, 2.45) is 0 Å². The van der Waals surface area contributed by atoms with Crippen LogP contribution in [0.25, 0.3) is 0 Å². The number of benzene rings is 2. The van der Waals surface area contributed by atoms with Gasteiger partial charge in [0, 0.05) is 12.6 Å². The molecule has 4 nitrogen and oxygen atoms in total. The van der Waals surface area contributed by atoms with Crippen LogP contribution in [0, 0.1) is 0 Å². The second kappa shape index (κ2) is 8.04. The van der Waals surface area contributed by atoms with Gasteiger partial charge in [-0.15, -0.1) is 12.4 Å². The summed E-state index contributed by atoms with van der Waals surface area (Å²) in [5.74, 6) is 0. The summed E-state index contributed by atoms with van der Waals surface area (Å²) in [7, 11) is -3.78. The molecule has 3 rings (SSSR count). The second-order valence-corrected chi connectivity index (χ2v) is 7.88. The maximum atomic E-state index is 12.5. The Bertz CT molecular complexity index is 808. The van der Waals surface area contributed by atoms with Crippen LogP contribution in [0.3, 0.4) is 0 Å². The van der Waals surface area contributed by atoms with Gasteiger partial charge < -0.3 is 5.32 Å². The van der Waals surface area contributed by atoms with Crippen LogP contribution >= 0.6 is 35.6 Å². The van der Waals surface area contributed by atoms with Gasteiger partial charge >= 0.3 is 0 Å². The summed E-state index contributed by atoms with van der Waals surface area (Å²) in [6.07, 6.45) is 0.940. The van der Waals surface area contributed by atoms with Crippen molar-refractivity contribution in [1.29, 1.82) is 0 Å². The Labute approximate surface area is 158 Å². The summed E-state index contributed by atoms with van der Waals surface area (Å²) in [4.78, 5) is -0.0765. The first-order valence-electron chi connectivity index (χ1n) is 7.24.